The smallest absolute Gasteiger partial charge is 0.251 e. The van der Waals surface area contributed by atoms with E-state index in [9.17, 15) is 9.59 Å². The molecule has 3 aliphatic carbocycles. The second-order valence-corrected chi connectivity index (χ2v) is 11.3. The number of H-pyrrole nitrogens is 1. The van der Waals surface area contributed by atoms with Crippen LogP contribution < -0.4 is 10.6 Å². The molecule has 1 aromatic heterocycles. The van der Waals surface area contributed by atoms with Gasteiger partial charge in [-0.1, -0.05) is 25.5 Å². The average Bonchev–Trinajstić information content (AvgIpc) is 3.60. The van der Waals surface area contributed by atoms with Crippen molar-refractivity contribution in [1.82, 2.24) is 10.3 Å². The van der Waals surface area contributed by atoms with Crippen molar-refractivity contribution in [3.05, 3.63) is 54.1 Å². The lowest BCUT2D eigenvalue weighted by Gasteiger charge is -2.25. The normalized spacial score (nSPS) is 27.7. The molecule has 35 heavy (non-hydrogen) atoms. The van der Waals surface area contributed by atoms with E-state index in [4.69, 9.17) is 0 Å². The molecule has 5 nitrogen and oxygen atoms in total. The second kappa shape index (κ2) is 9.18. The molecule has 182 valence electrons. The number of benzene rings is 2. The van der Waals surface area contributed by atoms with Crippen molar-refractivity contribution in [2.45, 2.75) is 64.3 Å². The third-order valence-corrected chi connectivity index (χ3v) is 8.79. The molecule has 2 bridgehead atoms. The van der Waals surface area contributed by atoms with Crippen molar-refractivity contribution < 1.29 is 9.59 Å². The summed E-state index contributed by atoms with van der Waals surface area (Å²) in [7, 11) is 0. The van der Waals surface area contributed by atoms with E-state index in [1.165, 1.54) is 19.3 Å². The zero-order valence-electron chi connectivity index (χ0n) is 20.5. The van der Waals surface area contributed by atoms with Crippen LogP contribution in [0.25, 0.3) is 22.2 Å². The van der Waals surface area contributed by atoms with Crippen LogP contribution in [0.5, 0.6) is 0 Å². The Morgan fingerprint density at radius 3 is 2.40 bits per heavy atom. The van der Waals surface area contributed by atoms with Gasteiger partial charge in [-0.2, -0.15) is 0 Å². The molecule has 2 aromatic carbocycles. The predicted molar refractivity (Wildman–Crippen MR) is 140 cm³/mol. The van der Waals surface area contributed by atoms with Crippen LogP contribution in [0.1, 0.15) is 68.6 Å². The minimum absolute atomic E-state index is 0.0414. The zero-order chi connectivity index (χ0) is 23.9. The molecule has 3 saturated carbocycles. The Hall–Kier alpha value is -3.08. The molecule has 1 heterocycles. The van der Waals surface area contributed by atoms with Crippen molar-refractivity contribution in [3.63, 3.8) is 0 Å². The summed E-state index contributed by atoms with van der Waals surface area (Å²) < 4.78 is 0. The highest BCUT2D eigenvalue weighted by atomic mass is 16.2. The van der Waals surface area contributed by atoms with Crippen molar-refractivity contribution in [2.24, 2.45) is 23.7 Å². The summed E-state index contributed by atoms with van der Waals surface area (Å²) in [6, 6.07) is 16.3. The van der Waals surface area contributed by atoms with Crippen molar-refractivity contribution in [1.29, 1.82) is 0 Å². The van der Waals surface area contributed by atoms with Crippen molar-refractivity contribution in [3.8, 4) is 11.3 Å². The minimum atomic E-state index is 0.0414. The summed E-state index contributed by atoms with van der Waals surface area (Å²) in [6.07, 6.45) is 9.28. The molecule has 0 radical (unpaired) electrons. The van der Waals surface area contributed by atoms with Crippen LogP contribution in [0.15, 0.2) is 48.5 Å². The van der Waals surface area contributed by atoms with E-state index in [0.29, 0.717) is 12.0 Å². The van der Waals surface area contributed by atoms with Crippen LogP contribution in [-0.4, -0.2) is 22.8 Å². The fraction of sp³-hybridized carbons (Fsp3) is 0.467. The summed E-state index contributed by atoms with van der Waals surface area (Å²) in [4.78, 5) is 29.0. The largest absolute Gasteiger partial charge is 0.355 e. The fourth-order valence-electron chi connectivity index (χ4n) is 6.60. The van der Waals surface area contributed by atoms with Gasteiger partial charge < -0.3 is 15.6 Å². The van der Waals surface area contributed by atoms with Gasteiger partial charge in [-0.15, -0.1) is 0 Å². The highest BCUT2D eigenvalue weighted by Gasteiger charge is 2.40. The van der Waals surface area contributed by atoms with Gasteiger partial charge in [-0.25, -0.2) is 0 Å². The first-order valence-corrected chi connectivity index (χ1v) is 13.4. The SMILES string of the molecule is CC1CCC(C(=O)Nc2ccc(-c3cc4cc(C(=O)NC5CC6CCC5C6)ccc4[nH]3)cc2)CC1. The summed E-state index contributed by atoms with van der Waals surface area (Å²) in [5.74, 6) is 2.55. The Labute approximate surface area is 207 Å². The lowest BCUT2D eigenvalue weighted by molar-refractivity contribution is -0.121. The van der Waals surface area contributed by atoms with Crippen LogP contribution in [0, 0.1) is 23.7 Å². The van der Waals surface area contributed by atoms with Crippen LogP contribution >= 0.6 is 0 Å². The highest BCUT2D eigenvalue weighted by Crippen LogP contribution is 2.44. The van der Waals surface area contributed by atoms with Crippen LogP contribution in [0.3, 0.4) is 0 Å². The van der Waals surface area contributed by atoms with E-state index in [-0.39, 0.29) is 17.7 Å². The zero-order valence-corrected chi connectivity index (χ0v) is 20.5. The molecule has 0 saturated heterocycles. The van der Waals surface area contributed by atoms with E-state index in [2.05, 4.69) is 28.6 Å². The third kappa shape index (κ3) is 4.61. The fourth-order valence-corrected chi connectivity index (χ4v) is 6.60. The maximum Gasteiger partial charge on any atom is 0.251 e. The first-order chi connectivity index (χ1) is 17.0. The molecule has 3 atom stereocenters. The van der Waals surface area contributed by atoms with Crippen molar-refractivity contribution in [2.75, 3.05) is 5.32 Å². The molecule has 3 N–H and O–H groups in total. The van der Waals surface area contributed by atoms with E-state index < -0.39 is 0 Å². The van der Waals surface area contributed by atoms with Gasteiger partial charge in [0.15, 0.2) is 0 Å². The van der Waals surface area contributed by atoms with Gasteiger partial charge in [0.25, 0.3) is 5.91 Å². The van der Waals surface area contributed by atoms with Gasteiger partial charge in [0.1, 0.15) is 0 Å². The monoisotopic (exact) mass is 469 g/mol. The topological polar surface area (TPSA) is 74.0 Å². The first-order valence-electron chi connectivity index (χ1n) is 13.4. The van der Waals surface area contributed by atoms with E-state index >= 15 is 0 Å². The minimum Gasteiger partial charge on any atom is -0.355 e. The number of anilines is 1. The number of nitrogens with one attached hydrogen (secondary N) is 3. The standard InChI is InChI=1S/C30H35N3O2/c1-18-2-5-21(6-3-18)29(34)31-25-11-8-20(9-12-25)28-17-24-16-23(10-13-26(24)32-28)30(35)33-27-15-19-4-7-22(27)14-19/h8-13,16-19,21-22,27,32H,2-7,14-15H2,1H3,(H,31,34)(H,33,35). The summed E-state index contributed by atoms with van der Waals surface area (Å²) >= 11 is 0. The maximum absolute atomic E-state index is 12.9. The number of hydrogen-bond acceptors (Lipinski definition) is 2. The molecule has 3 aromatic rings. The van der Waals surface area contributed by atoms with Gasteiger partial charge in [0.2, 0.25) is 5.91 Å². The highest BCUT2D eigenvalue weighted by molar-refractivity contribution is 5.99. The number of aromatic amines is 1. The molecule has 0 spiro atoms. The van der Waals surface area contributed by atoms with Crippen LogP contribution in [0.4, 0.5) is 5.69 Å². The Kier molecular flexibility index (Phi) is 5.87. The number of amides is 2. The molecule has 3 fully saturated rings. The molecule has 2 amide bonds. The molecule has 3 unspecified atom stereocenters. The number of carbonyl (C=O) groups excluding carboxylic acids is 2. The summed E-state index contributed by atoms with van der Waals surface area (Å²) in [5.41, 5.74) is 4.64. The number of fused-ring (bicyclic) bond motifs is 3. The van der Waals surface area contributed by atoms with Gasteiger partial charge >= 0.3 is 0 Å². The molecule has 0 aliphatic heterocycles. The van der Waals surface area contributed by atoms with Crippen molar-refractivity contribution >= 4 is 28.4 Å². The van der Waals surface area contributed by atoms with E-state index in [0.717, 1.165) is 77.4 Å². The van der Waals surface area contributed by atoms with E-state index in [1.807, 2.05) is 42.5 Å². The Morgan fingerprint density at radius 1 is 0.886 bits per heavy atom. The molecule has 3 aliphatic rings. The Bertz CT molecular complexity index is 1240. The Morgan fingerprint density at radius 2 is 1.69 bits per heavy atom. The summed E-state index contributed by atoms with van der Waals surface area (Å²) in [6.45, 7) is 2.27. The van der Waals surface area contributed by atoms with Crippen LogP contribution in [-0.2, 0) is 4.79 Å². The lowest BCUT2D eigenvalue weighted by atomic mass is 9.82. The van der Waals surface area contributed by atoms with Gasteiger partial charge in [-0.05, 0) is 105 Å². The van der Waals surface area contributed by atoms with Gasteiger partial charge in [0, 0.05) is 39.8 Å². The third-order valence-electron chi connectivity index (χ3n) is 8.79. The number of rotatable bonds is 5. The van der Waals surface area contributed by atoms with Gasteiger partial charge in [-0.3, -0.25) is 9.59 Å². The predicted octanol–water partition coefficient (Wildman–Crippen LogP) is 6.52. The number of carbonyl (C=O) groups is 2. The number of hydrogen-bond donors (Lipinski definition) is 3. The van der Waals surface area contributed by atoms with Gasteiger partial charge in [0.05, 0.1) is 0 Å². The van der Waals surface area contributed by atoms with E-state index in [1.54, 1.807) is 0 Å². The lowest BCUT2D eigenvalue weighted by Crippen LogP contribution is -2.38. The number of aromatic nitrogens is 1. The molecule has 5 heteroatoms. The average molecular weight is 470 g/mol. The molecular formula is C30H35N3O2. The quantitative estimate of drug-likeness (QED) is 0.398. The maximum atomic E-state index is 12.9. The molecular weight excluding hydrogens is 434 g/mol. The summed E-state index contributed by atoms with van der Waals surface area (Å²) in [5, 5.41) is 7.42. The Balaban J connectivity index is 1.12. The van der Waals surface area contributed by atoms with Crippen LogP contribution in [0.2, 0.25) is 0 Å². The molecule has 6 rings (SSSR count). The second-order valence-electron chi connectivity index (χ2n) is 11.3. The first kappa shape index (κ1) is 22.4.